The van der Waals surface area contributed by atoms with Gasteiger partial charge in [-0.1, -0.05) is 18.2 Å². The van der Waals surface area contributed by atoms with E-state index in [-0.39, 0.29) is 12.4 Å². The molecule has 0 radical (unpaired) electrons. The lowest BCUT2D eigenvalue weighted by Gasteiger charge is -2.13. The van der Waals surface area contributed by atoms with Crippen LogP contribution in [0.4, 0.5) is 13.2 Å². The molecular weight excluding hydrogens is 243 g/mol. The molecule has 0 fully saturated rings. The summed E-state index contributed by atoms with van der Waals surface area (Å²) in [5.41, 5.74) is -1.65. The molecule has 16 heavy (non-hydrogen) atoms. The third-order valence-corrected chi connectivity index (χ3v) is 2.06. The Kier molecular flexibility index (Phi) is 4.18. The number of allylic oxidation sites excluding steroid dienone is 2. The van der Waals surface area contributed by atoms with Crippen LogP contribution in [0.1, 0.15) is 5.69 Å². The molecule has 0 amide bonds. The van der Waals surface area contributed by atoms with Gasteiger partial charge < -0.3 is 4.57 Å². The van der Waals surface area contributed by atoms with Crippen molar-refractivity contribution in [3.63, 3.8) is 0 Å². The lowest BCUT2D eigenvalue weighted by Crippen LogP contribution is -2.26. The smallest absolute Gasteiger partial charge is 0.301 e. The van der Waals surface area contributed by atoms with Crippen LogP contribution in [0, 0.1) is 0 Å². The average Bonchev–Trinajstić information content (AvgIpc) is 2.19. The summed E-state index contributed by atoms with van der Waals surface area (Å²) in [4.78, 5) is 11.3. The number of alkyl halides is 4. The first-order valence-electron chi connectivity index (χ1n) is 4.45. The van der Waals surface area contributed by atoms with Gasteiger partial charge >= 0.3 is 6.18 Å². The molecule has 0 atom stereocenters. The molecule has 0 aliphatic rings. The van der Waals surface area contributed by atoms with E-state index in [0.29, 0.717) is 4.57 Å². The molecule has 0 saturated heterocycles. The molecule has 2 nitrogen and oxygen atoms in total. The van der Waals surface area contributed by atoms with Gasteiger partial charge in [0.2, 0.25) is 0 Å². The fraction of sp³-hybridized carbons (Fsp3) is 0.300. The van der Waals surface area contributed by atoms with Crippen LogP contribution >= 0.6 is 11.6 Å². The Labute approximate surface area is 95.0 Å². The zero-order valence-electron chi connectivity index (χ0n) is 8.17. The summed E-state index contributed by atoms with van der Waals surface area (Å²) in [6, 6.07) is 3.05. The molecule has 0 bridgehead atoms. The third kappa shape index (κ3) is 3.13. The van der Waals surface area contributed by atoms with Gasteiger partial charge in [-0.3, -0.25) is 4.79 Å². The first-order chi connectivity index (χ1) is 7.46. The van der Waals surface area contributed by atoms with Crippen LogP contribution in [0.5, 0.6) is 0 Å². The number of pyridine rings is 1. The Hall–Kier alpha value is -1.23. The van der Waals surface area contributed by atoms with Gasteiger partial charge in [0.25, 0.3) is 5.56 Å². The van der Waals surface area contributed by atoms with Gasteiger partial charge in [0, 0.05) is 18.5 Å². The van der Waals surface area contributed by atoms with Crippen molar-refractivity contribution in [2.75, 3.05) is 5.88 Å². The van der Waals surface area contributed by atoms with Crippen LogP contribution in [-0.4, -0.2) is 10.4 Å². The SMILES string of the molecule is O=c1cccc(C(F)(F)F)n1C/C=C/CCl. The fourth-order valence-electron chi connectivity index (χ4n) is 1.20. The molecule has 0 aliphatic heterocycles. The predicted octanol–water partition coefficient (Wildman–Crippen LogP) is 2.66. The molecule has 1 heterocycles. The first-order valence-corrected chi connectivity index (χ1v) is 4.98. The van der Waals surface area contributed by atoms with E-state index in [4.69, 9.17) is 11.6 Å². The number of nitrogens with zero attached hydrogens (tertiary/aromatic N) is 1. The minimum absolute atomic E-state index is 0.138. The Morgan fingerprint density at radius 2 is 2.00 bits per heavy atom. The molecule has 0 N–H and O–H groups in total. The summed E-state index contributed by atoms with van der Waals surface area (Å²) < 4.78 is 38.2. The van der Waals surface area contributed by atoms with E-state index < -0.39 is 17.4 Å². The van der Waals surface area contributed by atoms with Crippen molar-refractivity contribution in [2.24, 2.45) is 0 Å². The normalized spacial score (nSPS) is 12.2. The molecular formula is C10H9ClF3NO. The predicted molar refractivity (Wildman–Crippen MR) is 55.6 cm³/mol. The van der Waals surface area contributed by atoms with Gasteiger partial charge in [0.15, 0.2) is 0 Å². The maximum atomic E-state index is 12.5. The minimum Gasteiger partial charge on any atom is -0.301 e. The number of hydrogen-bond acceptors (Lipinski definition) is 1. The highest BCUT2D eigenvalue weighted by Gasteiger charge is 2.33. The number of halogens is 4. The molecule has 0 aliphatic carbocycles. The molecule has 0 spiro atoms. The highest BCUT2D eigenvalue weighted by molar-refractivity contribution is 6.18. The van der Waals surface area contributed by atoms with Crippen LogP contribution in [-0.2, 0) is 12.7 Å². The van der Waals surface area contributed by atoms with E-state index in [0.717, 1.165) is 18.2 Å². The van der Waals surface area contributed by atoms with Crippen molar-refractivity contribution in [2.45, 2.75) is 12.7 Å². The Balaban J connectivity index is 3.14. The zero-order valence-corrected chi connectivity index (χ0v) is 8.92. The van der Waals surface area contributed by atoms with E-state index in [1.807, 2.05) is 0 Å². The average molecular weight is 252 g/mol. The van der Waals surface area contributed by atoms with Crippen LogP contribution in [0.2, 0.25) is 0 Å². The summed E-state index contributed by atoms with van der Waals surface area (Å²) in [7, 11) is 0. The highest BCUT2D eigenvalue weighted by Crippen LogP contribution is 2.27. The van der Waals surface area contributed by atoms with Crippen LogP contribution in [0.25, 0.3) is 0 Å². The van der Waals surface area contributed by atoms with Crippen LogP contribution < -0.4 is 5.56 Å². The second kappa shape index (κ2) is 5.21. The molecule has 0 saturated carbocycles. The monoisotopic (exact) mass is 251 g/mol. The molecule has 0 aromatic carbocycles. The number of rotatable bonds is 3. The van der Waals surface area contributed by atoms with Crippen LogP contribution in [0.3, 0.4) is 0 Å². The Morgan fingerprint density at radius 3 is 2.56 bits per heavy atom. The molecule has 1 aromatic heterocycles. The van der Waals surface area contributed by atoms with E-state index in [1.54, 1.807) is 0 Å². The standard InChI is InChI=1S/C10H9ClF3NO/c11-6-1-2-7-15-8(10(12,13)14)4-3-5-9(15)16/h1-5H,6-7H2/b2-1+. The zero-order chi connectivity index (χ0) is 12.2. The van der Waals surface area contributed by atoms with Crippen molar-refractivity contribution in [3.05, 3.63) is 46.4 Å². The van der Waals surface area contributed by atoms with Gasteiger partial charge in [-0.05, 0) is 6.07 Å². The number of aromatic nitrogens is 1. The summed E-state index contributed by atoms with van der Waals surface area (Å²) in [6.07, 6.45) is -1.62. The van der Waals surface area contributed by atoms with Gasteiger partial charge in [0.1, 0.15) is 5.69 Å². The van der Waals surface area contributed by atoms with Crippen LogP contribution in [0.15, 0.2) is 35.1 Å². The lowest BCUT2D eigenvalue weighted by molar-refractivity contribution is -0.144. The largest absolute Gasteiger partial charge is 0.431 e. The summed E-state index contributed by atoms with van der Waals surface area (Å²) in [6.45, 7) is -0.138. The lowest BCUT2D eigenvalue weighted by atomic mass is 10.3. The van der Waals surface area contributed by atoms with E-state index in [1.165, 1.54) is 12.2 Å². The van der Waals surface area contributed by atoms with Gasteiger partial charge in [0.05, 0.1) is 0 Å². The van der Waals surface area contributed by atoms with Crippen molar-refractivity contribution in [1.82, 2.24) is 4.57 Å². The maximum absolute atomic E-state index is 12.5. The van der Waals surface area contributed by atoms with Crippen molar-refractivity contribution < 1.29 is 13.2 Å². The Morgan fingerprint density at radius 1 is 1.31 bits per heavy atom. The van der Waals surface area contributed by atoms with E-state index in [9.17, 15) is 18.0 Å². The highest BCUT2D eigenvalue weighted by atomic mass is 35.5. The van der Waals surface area contributed by atoms with Gasteiger partial charge in [-0.15, -0.1) is 11.6 Å². The van der Waals surface area contributed by atoms with Gasteiger partial charge in [-0.2, -0.15) is 13.2 Å². The van der Waals surface area contributed by atoms with E-state index >= 15 is 0 Å². The maximum Gasteiger partial charge on any atom is 0.431 e. The fourth-order valence-corrected chi connectivity index (χ4v) is 1.33. The summed E-state index contributed by atoms with van der Waals surface area (Å²) >= 11 is 5.34. The van der Waals surface area contributed by atoms with Crippen molar-refractivity contribution in [3.8, 4) is 0 Å². The van der Waals surface area contributed by atoms with Crippen molar-refractivity contribution in [1.29, 1.82) is 0 Å². The molecule has 1 rings (SSSR count). The van der Waals surface area contributed by atoms with Crippen molar-refractivity contribution >= 4 is 11.6 Å². The second-order valence-electron chi connectivity index (χ2n) is 2.98. The molecule has 88 valence electrons. The number of hydrogen-bond donors (Lipinski definition) is 0. The first kappa shape index (κ1) is 12.8. The molecule has 1 aromatic rings. The van der Waals surface area contributed by atoms with Gasteiger partial charge in [-0.25, -0.2) is 0 Å². The minimum atomic E-state index is -4.53. The Bertz CT molecular complexity index is 436. The molecule has 0 unspecified atom stereocenters. The summed E-state index contributed by atoms with van der Waals surface area (Å²) in [5.74, 6) is 0.197. The summed E-state index contributed by atoms with van der Waals surface area (Å²) in [5, 5.41) is 0. The van der Waals surface area contributed by atoms with E-state index in [2.05, 4.69) is 0 Å². The quantitative estimate of drug-likeness (QED) is 0.598. The topological polar surface area (TPSA) is 22.0 Å². The molecule has 6 heteroatoms. The third-order valence-electron chi connectivity index (χ3n) is 1.88. The second-order valence-corrected chi connectivity index (χ2v) is 3.29.